The molecule has 1 nitrogen and oxygen atoms in total. The van der Waals surface area contributed by atoms with Crippen LogP contribution in [-0.2, 0) is 12.4 Å². The highest BCUT2D eigenvalue weighted by molar-refractivity contribution is 6.31. The van der Waals surface area contributed by atoms with Crippen LogP contribution in [0.3, 0.4) is 0 Å². The highest BCUT2D eigenvalue weighted by atomic mass is 35.5. The first-order chi connectivity index (χ1) is 13.0. The second-order valence-corrected chi connectivity index (χ2v) is 6.61. The van der Waals surface area contributed by atoms with Gasteiger partial charge in [-0.25, -0.2) is 4.98 Å². The number of hydrogen-bond donors (Lipinski definition) is 0. The van der Waals surface area contributed by atoms with Crippen molar-refractivity contribution in [2.24, 2.45) is 0 Å². The van der Waals surface area contributed by atoms with Crippen molar-refractivity contribution in [3.8, 4) is 22.5 Å². The Kier molecular flexibility index (Phi) is 5.34. The molecule has 0 fully saturated rings. The van der Waals surface area contributed by atoms with Crippen LogP contribution in [-0.4, -0.2) is 4.98 Å². The molecule has 0 aliphatic carbocycles. The van der Waals surface area contributed by atoms with Gasteiger partial charge < -0.3 is 0 Å². The van der Waals surface area contributed by atoms with Crippen LogP contribution in [0.5, 0.6) is 0 Å². The fraction of sp³-hybridized carbons (Fsp3) is 0.105. The second kappa shape index (κ2) is 7.29. The van der Waals surface area contributed by atoms with Gasteiger partial charge in [0.2, 0.25) is 0 Å². The average Bonchev–Trinajstić information content (AvgIpc) is 2.60. The number of pyridine rings is 1. The third-order valence-electron chi connectivity index (χ3n) is 3.88. The van der Waals surface area contributed by atoms with E-state index in [4.69, 9.17) is 23.2 Å². The van der Waals surface area contributed by atoms with Gasteiger partial charge in [0.1, 0.15) is 0 Å². The van der Waals surface area contributed by atoms with Crippen LogP contribution in [0.25, 0.3) is 22.5 Å². The summed E-state index contributed by atoms with van der Waals surface area (Å²) in [5, 5.41) is -0.917. The summed E-state index contributed by atoms with van der Waals surface area (Å²) >= 11 is 11.2. The number of rotatable bonds is 2. The third-order valence-corrected chi connectivity index (χ3v) is 4.54. The first-order valence-corrected chi connectivity index (χ1v) is 8.44. The summed E-state index contributed by atoms with van der Waals surface area (Å²) in [6, 6.07) is 11.0. The molecule has 0 spiro atoms. The maximum absolute atomic E-state index is 13.1. The predicted octanol–water partition coefficient (Wildman–Crippen LogP) is 7.76. The van der Waals surface area contributed by atoms with Crippen molar-refractivity contribution in [3.63, 3.8) is 0 Å². The van der Waals surface area contributed by atoms with Gasteiger partial charge in [-0.15, -0.1) is 0 Å². The minimum atomic E-state index is -4.65. The van der Waals surface area contributed by atoms with Gasteiger partial charge in [-0.3, -0.25) is 0 Å². The number of benzene rings is 2. The van der Waals surface area contributed by atoms with Gasteiger partial charge in [0.15, 0.2) is 0 Å². The molecule has 0 unspecified atom stereocenters. The van der Waals surface area contributed by atoms with E-state index in [1.54, 1.807) is 0 Å². The van der Waals surface area contributed by atoms with Crippen LogP contribution < -0.4 is 0 Å². The zero-order chi connectivity index (χ0) is 20.7. The molecule has 3 rings (SSSR count). The summed E-state index contributed by atoms with van der Waals surface area (Å²) in [7, 11) is 0. The topological polar surface area (TPSA) is 12.9 Å². The molecule has 146 valence electrons. The Morgan fingerprint density at radius 3 is 1.36 bits per heavy atom. The van der Waals surface area contributed by atoms with Crippen LogP contribution >= 0.6 is 23.2 Å². The van der Waals surface area contributed by atoms with Gasteiger partial charge in [0.25, 0.3) is 0 Å². The standard InChI is InChI=1S/C19H9Cl2F6N/c20-14-6-4-10(8-12(14)18(22,23)24)16-2-1-3-17(28-16)11-5-7-15(21)13(9-11)19(25,26)27/h1-9H. The molecule has 3 aromatic rings. The van der Waals surface area contributed by atoms with Gasteiger partial charge in [-0.05, 0) is 36.4 Å². The van der Waals surface area contributed by atoms with Crippen molar-refractivity contribution in [2.45, 2.75) is 12.4 Å². The minimum Gasteiger partial charge on any atom is -0.248 e. The molecular formula is C19H9Cl2F6N. The number of nitrogens with zero attached hydrogens (tertiary/aromatic N) is 1. The molecule has 0 aliphatic rings. The monoisotopic (exact) mass is 435 g/mol. The summed E-state index contributed by atoms with van der Waals surface area (Å²) in [5.41, 5.74) is -1.48. The molecule has 1 heterocycles. The number of halogens is 8. The van der Waals surface area contributed by atoms with Gasteiger partial charge in [0, 0.05) is 11.1 Å². The van der Waals surface area contributed by atoms with E-state index < -0.39 is 33.5 Å². The summed E-state index contributed by atoms with van der Waals surface area (Å²) in [6.45, 7) is 0. The Bertz CT molecular complexity index is 949. The molecule has 0 bridgehead atoms. The first kappa shape index (κ1) is 20.5. The van der Waals surface area contributed by atoms with Gasteiger partial charge in [-0.1, -0.05) is 41.4 Å². The molecule has 0 atom stereocenters. The fourth-order valence-electron chi connectivity index (χ4n) is 2.56. The van der Waals surface area contributed by atoms with Gasteiger partial charge in [-0.2, -0.15) is 26.3 Å². The Morgan fingerprint density at radius 2 is 1.00 bits per heavy atom. The SMILES string of the molecule is FC(F)(F)c1cc(-c2cccc(-c3ccc(Cl)c(C(F)(F)F)c3)n2)ccc1Cl. The number of aromatic nitrogens is 1. The molecule has 1 aromatic heterocycles. The second-order valence-electron chi connectivity index (χ2n) is 5.79. The van der Waals surface area contributed by atoms with Crippen molar-refractivity contribution in [3.05, 3.63) is 75.8 Å². The molecule has 0 saturated heterocycles. The predicted molar refractivity (Wildman–Crippen MR) is 95.1 cm³/mol. The lowest BCUT2D eigenvalue weighted by atomic mass is 10.0. The lowest BCUT2D eigenvalue weighted by Gasteiger charge is -2.12. The van der Waals surface area contributed by atoms with Crippen LogP contribution in [0.15, 0.2) is 54.6 Å². The van der Waals surface area contributed by atoms with E-state index in [1.165, 1.54) is 30.3 Å². The third kappa shape index (κ3) is 4.25. The van der Waals surface area contributed by atoms with Crippen molar-refractivity contribution in [1.82, 2.24) is 4.98 Å². The van der Waals surface area contributed by atoms with Crippen molar-refractivity contribution in [2.75, 3.05) is 0 Å². The Hall–Kier alpha value is -2.25. The average molecular weight is 436 g/mol. The maximum Gasteiger partial charge on any atom is 0.417 e. The van der Waals surface area contributed by atoms with Crippen molar-refractivity contribution < 1.29 is 26.3 Å². The molecular weight excluding hydrogens is 427 g/mol. The van der Waals surface area contributed by atoms with Crippen LogP contribution in [0.4, 0.5) is 26.3 Å². The van der Waals surface area contributed by atoms with E-state index in [9.17, 15) is 26.3 Å². The molecule has 0 aliphatic heterocycles. The van der Waals surface area contributed by atoms with Crippen molar-refractivity contribution in [1.29, 1.82) is 0 Å². The molecule has 2 aromatic carbocycles. The van der Waals surface area contributed by atoms with Crippen LogP contribution in [0, 0.1) is 0 Å². The fourth-order valence-corrected chi connectivity index (χ4v) is 3.01. The molecule has 0 radical (unpaired) electrons. The minimum absolute atomic E-state index is 0.128. The Labute approximate surface area is 165 Å². The largest absolute Gasteiger partial charge is 0.417 e. The normalized spacial score (nSPS) is 12.3. The zero-order valence-electron chi connectivity index (χ0n) is 13.7. The summed E-state index contributed by atoms with van der Waals surface area (Å²) in [6.07, 6.45) is -9.30. The lowest BCUT2D eigenvalue weighted by Crippen LogP contribution is -2.06. The van der Waals surface area contributed by atoms with E-state index in [-0.39, 0.29) is 22.5 Å². The molecule has 28 heavy (non-hydrogen) atoms. The van der Waals surface area contributed by atoms with E-state index >= 15 is 0 Å². The lowest BCUT2D eigenvalue weighted by molar-refractivity contribution is -0.138. The van der Waals surface area contributed by atoms with E-state index in [1.807, 2.05) is 0 Å². The van der Waals surface area contributed by atoms with Crippen LogP contribution in [0.1, 0.15) is 11.1 Å². The Morgan fingerprint density at radius 1 is 0.607 bits per heavy atom. The molecule has 0 amide bonds. The number of hydrogen-bond acceptors (Lipinski definition) is 1. The van der Waals surface area contributed by atoms with Crippen LogP contribution in [0.2, 0.25) is 10.0 Å². The smallest absolute Gasteiger partial charge is 0.248 e. The summed E-state index contributed by atoms with van der Waals surface area (Å²) in [4.78, 5) is 4.20. The zero-order valence-corrected chi connectivity index (χ0v) is 15.2. The van der Waals surface area contributed by atoms with E-state index in [0.29, 0.717) is 0 Å². The van der Waals surface area contributed by atoms with Crippen molar-refractivity contribution >= 4 is 23.2 Å². The van der Waals surface area contributed by atoms with Gasteiger partial charge >= 0.3 is 12.4 Å². The highest BCUT2D eigenvalue weighted by Crippen LogP contribution is 2.39. The quantitative estimate of drug-likeness (QED) is 0.374. The first-order valence-electron chi connectivity index (χ1n) is 7.68. The summed E-state index contributed by atoms with van der Waals surface area (Å²) in [5.74, 6) is 0. The number of alkyl halides is 6. The molecule has 9 heteroatoms. The molecule has 0 N–H and O–H groups in total. The van der Waals surface area contributed by atoms with E-state index in [2.05, 4.69) is 4.98 Å². The summed E-state index contributed by atoms with van der Waals surface area (Å²) < 4.78 is 78.4. The molecule has 0 saturated carbocycles. The van der Waals surface area contributed by atoms with E-state index in [0.717, 1.165) is 24.3 Å². The van der Waals surface area contributed by atoms with Gasteiger partial charge in [0.05, 0.1) is 32.6 Å². The highest BCUT2D eigenvalue weighted by Gasteiger charge is 2.34. The Balaban J connectivity index is 2.08. The maximum atomic E-state index is 13.1.